The zero-order valence-corrected chi connectivity index (χ0v) is 10.7. The van der Waals surface area contributed by atoms with Crippen molar-refractivity contribution in [2.45, 2.75) is 25.4 Å². The third kappa shape index (κ3) is 3.82. The summed E-state index contributed by atoms with van der Waals surface area (Å²) in [7, 11) is 0. The number of rotatable bonds is 3. The average molecular weight is 327 g/mol. The van der Waals surface area contributed by atoms with Gasteiger partial charge in [-0.2, -0.15) is 22.0 Å². The lowest BCUT2D eigenvalue weighted by Gasteiger charge is -2.24. The molecule has 0 aliphatic heterocycles. The summed E-state index contributed by atoms with van der Waals surface area (Å²) < 4.78 is 78.1. The van der Waals surface area contributed by atoms with E-state index in [4.69, 9.17) is 23.2 Å². The molecule has 0 fully saturated rings. The Kier molecular flexibility index (Phi) is 4.51. The van der Waals surface area contributed by atoms with Crippen LogP contribution in [0.4, 0.5) is 26.3 Å². The highest BCUT2D eigenvalue weighted by Crippen LogP contribution is 2.41. The van der Waals surface area contributed by atoms with Crippen LogP contribution in [0.15, 0.2) is 12.1 Å². The minimum Gasteiger partial charge on any atom is -0.427 e. The van der Waals surface area contributed by atoms with Crippen molar-refractivity contribution in [3.8, 4) is 5.75 Å². The molecule has 1 rings (SSSR count). The molecule has 0 amide bonds. The van der Waals surface area contributed by atoms with E-state index in [0.717, 1.165) is 12.1 Å². The number of aryl methyl sites for hydroxylation is 1. The Balaban J connectivity index is 3.09. The van der Waals surface area contributed by atoms with Crippen LogP contribution in [0.1, 0.15) is 5.56 Å². The molecule has 1 atom stereocenters. The fraction of sp³-hybridized carbons (Fsp3) is 0.400. The van der Waals surface area contributed by atoms with Crippen LogP contribution in [0.5, 0.6) is 5.75 Å². The largest absolute Gasteiger partial charge is 0.439 e. The lowest BCUT2D eigenvalue weighted by atomic mass is 10.2. The summed E-state index contributed by atoms with van der Waals surface area (Å²) >= 11 is 11.0. The van der Waals surface area contributed by atoms with E-state index in [2.05, 4.69) is 4.74 Å². The molecule has 19 heavy (non-hydrogen) atoms. The summed E-state index contributed by atoms with van der Waals surface area (Å²) in [4.78, 5) is 0. The van der Waals surface area contributed by atoms with Gasteiger partial charge in [-0.1, -0.05) is 23.2 Å². The number of alkyl halides is 6. The van der Waals surface area contributed by atoms with Crippen LogP contribution < -0.4 is 4.74 Å². The number of halogens is 8. The molecular weight excluding hydrogens is 321 g/mol. The standard InChI is InChI=1S/C10H6Cl2F6O/c1-4-2-5(11)7(6(12)3-4)19-10(17,18)8(13)9(14,15)16/h2-3,8H,1H3. The summed E-state index contributed by atoms with van der Waals surface area (Å²) in [5, 5.41) is -0.891. The minimum absolute atomic E-state index is 0.445. The third-order valence-electron chi connectivity index (χ3n) is 1.96. The smallest absolute Gasteiger partial charge is 0.427 e. The second-order valence-corrected chi connectivity index (χ2v) is 4.44. The van der Waals surface area contributed by atoms with Gasteiger partial charge in [0.05, 0.1) is 10.0 Å². The highest BCUT2D eigenvalue weighted by atomic mass is 35.5. The van der Waals surface area contributed by atoms with Crippen molar-refractivity contribution in [2.24, 2.45) is 0 Å². The van der Waals surface area contributed by atoms with Gasteiger partial charge in [0.25, 0.3) is 6.17 Å². The lowest BCUT2D eigenvalue weighted by Crippen LogP contribution is -2.45. The van der Waals surface area contributed by atoms with Gasteiger partial charge in [0.15, 0.2) is 5.75 Å². The van der Waals surface area contributed by atoms with Gasteiger partial charge in [-0.15, -0.1) is 0 Å². The molecule has 0 radical (unpaired) electrons. The molecule has 9 heteroatoms. The molecule has 0 saturated carbocycles. The Hall–Kier alpha value is -0.820. The number of hydrogen-bond acceptors (Lipinski definition) is 1. The Morgan fingerprint density at radius 3 is 1.84 bits per heavy atom. The maximum Gasteiger partial charge on any atom is 0.439 e. The van der Waals surface area contributed by atoms with Gasteiger partial charge in [0.1, 0.15) is 0 Å². The van der Waals surface area contributed by atoms with E-state index >= 15 is 0 Å². The number of ether oxygens (including phenoxy) is 1. The van der Waals surface area contributed by atoms with Crippen LogP contribution in [-0.2, 0) is 0 Å². The van der Waals surface area contributed by atoms with Crippen molar-refractivity contribution in [1.29, 1.82) is 0 Å². The third-order valence-corrected chi connectivity index (χ3v) is 2.52. The summed E-state index contributed by atoms with van der Waals surface area (Å²) in [6, 6.07) is 2.28. The molecule has 1 aromatic carbocycles. The number of hydrogen-bond donors (Lipinski definition) is 0. The van der Waals surface area contributed by atoms with Gasteiger partial charge < -0.3 is 4.74 Å². The van der Waals surface area contributed by atoms with E-state index in [1.165, 1.54) is 6.92 Å². The van der Waals surface area contributed by atoms with E-state index in [0.29, 0.717) is 5.56 Å². The monoisotopic (exact) mass is 326 g/mol. The van der Waals surface area contributed by atoms with Gasteiger partial charge in [0.2, 0.25) is 0 Å². The van der Waals surface area contributed by atoms with E-state index in [1.807, 2.05) is 0 Å². The highest BCUT2D eigenvalue weighted by Gasteiger charge is 2.59. The molecule has 1 nitrogen and oxygen atoms in total. The van der Waals surface area contributed by atoms with Crippen LogP contribution in [-0.4, -0.2) is 18.5 Å². The SMILES string of the molecule is Cc1cc(Cl)c(OC(F)(F)C(F)C(F)(F)F)c(Cl)c1. The molecule has 0 spiro atoms. The van der Waals surface area contributed by atoms with Crippen LogP contribution in [0.25, 0.3) is 0 Å². The Morgan fingerprint density at radius 1 is 1.05 bits per heavy atom. The Bertz CT molecular complexity index is 451. The minimum atomic E-state index is -5.77. The second kappa shape index (κ2) is 5.28. The maximum absolute atomic E-state index is 13.0. The van der Waals surface area contributed by atoms with Crippen molar-refractivity contribution in [2.75, 3.05) is 0 Å². The van der Waals surface area contributed by atoms with Gasteiger partial charge in [-0.3, -0.25) is 0 Å². The molecule has 1 unspecified atom stereocenters. The summed E-state index contributed by atoms with van der Waals surface area (Å²) in [5.74, 6) is -0.911. The fourth-order valence-electron chi connectivity index (χ4n) is 1.16. The topological polar surface area (TPSA) is 9.23 Å². The average Bonchev–Trinajstić information content (AvgIpc) is 2.21. The van der Waals surface area contributed by atoms with Crippen molar-refractivity contribution in [3.05, 3.63) is 27.7 Å². The van der Waals surface area contributed by atoms with E-state index in [9.17, 15) is 26.3 Å². The molecule has 0 aliphatic carbocycles. The molecule has 0 N–H and O–H groups in total. The fourth-order valence-corrected chi connectivity index (χ4v) is 1.84. The first-order valence-corrected chi connectivity index (χ1v) is 5.44. The zero-order valence-electron chi connectivity index (χ0n) is 9.16. The summed E-state index contributed by atoms with van der Waals surface area (Å²) in [5.41, 5.74) is 0.471. The van der Waals surface area contributed by atoms with E-state index in [1.54, 1.807) is 0 Å². The maximum atomic E-state index is 13.0. The predicted molar refractivity (Wildman–Crippen MR) is 57.7 cm³/mol. The van der Waals surface area contributed by atoms with Crippen LogP contribution in [0.2, 0.25) is 10.0 Å². The zero-order chi connectivity index (χ0) is 15.0. The summed E-state index contributed by atoms with van der Waals surface area (Å²) in [6.07, 6.45) is -15.4. The van der Waals surface area contributed by atoms with Crippen LogP contribution in [0, 0.1) is 6.92 Å². The first kappa shape index (κ1) is 16.2. The second-order valence-electron chi connectivity index (χ2n) is 3.63. The Labute approximate surface area is 114 Å². The molecular formula is C10H6Cl2F6O. The molecule has 0 saturated heterocycles. The normalized spacial score (nSPS) is 14.4. The van der Waals surface area contributed by atoms with E-state index in [-0.39, 0.29) is 0 Å². The molecule has 1 aromatic rings. The first-order chi connectivity index (χ1) is 8.45. The molecule has 0 aromatic heterocycles. The van der Waals surface area contributed by atoms with E-state index < -0.39 is 34.3 Å². The van der Waals surface area contributed by atoms with Crippen molar-refractivity contribution >= 4 is 23.2 Å². The quantitative estimate of drug-likeness (QED) is 0.696. The van der Waals surface area contributed by atoms with Gasteiger partial charge in [0, 0.05) is 0 Å². The predicted octanol–water partition coefficient (Wildman–Crippen LogP) is 5.17. The molecule has 0 aliphatic rings. The van der Waals surface area contributed by atoms with Crippen molar-refractivity contribution < 1.29 is 31.1 Å². The summed E-state index contributed by atoms with van der Waals surface area (Å²) in [6.45, 7) is 1.52. The lowest BCUT2D eigenvalue weighted by molar-refractivity contribution is -0.304. The molecule has 0 bridgehead atoms. The number of benzene rings is 1. The highest BCUT2D eigenvalue weighted by molar-refractivity contribution is 6.37. The van der Waals surface area contributed by atoms with Crippen molar-refractivity contribution in [3.63, 3.8) is 0 Å². The Morgan fingerprint density at radius 2 is 1.47 bits per heavy atom. The van der Waals surface area contributed by atoms with Crippen LogP contribution in [0.3, 0.4) is 0 Å². The van der Waals surface area contributed by atoms with Gasteiger partial charge in [-0.05, 0) is 24.6 Å². The van der Waals surface area contributed by atoms with Gasteiger partial charge in [-0.25, -0.2) is 4.39 Å². The molecule has 108 valence electrons. The van der Waals surface area contributed by atoms with Crippen LogP contribution >= 0.6 is 23.2 Å². The van der Waals surface area contributed by atoms with Gasteiger partial charge >= 0.3 is 12.3 Å². The van der Waals surface area contributed by atoms with Crippen molar-refractivity contribution in [1.82, 2.24) is 0 Å². The first-order valence-electron chi connectivity index (χ1n) is 4.68. The molecule has 0 heterocycles.